The lowest BCUT2D eigenvalue weighted by Crippen LogP contribution is -2.17. The van der Waals surface area contributed by atoms with Gasteiger partial charge >= 0.3 is 6.36 Å². The first kappa shape index (κ1) is 18.3. The third-order valence-corrected chi connectivity index (χ3v) is 2.74. The molecule has 23 heavy (non-hydrogen) atoms. The predicted molar refractivity (Wildman–Crippen MR) is 72.8 cm³/mol. The summed E-state index contributed by atoms with van der Waals surface area (Å²) in [5, 5.41) is 14.6. The van der Waals surface area contributed by atoms with E-state index in [1.807, 2.05) is 0 Å². The second-order valence-corrected chi connectivity index (χ2v) is 4.16. The zero-order valence-electron chi connectivity index (χ0n) is 12.5. The summed E-state index contributed by atoms with van der Waals surface area (Å²) in [5.41, 5.74) is 1.70. The van der Waals surface area contributed by atoms with Crippen LogP contribution in [0.5, 0.6) is 11.5 Å². The molecule has 2 rings (SSSR count). The van der Waals surface area contributed by atoms with Crippen molar-refractivity contribution >= 4 is 6.47 Å². The van der Waals surface area contributed by atoms with Crippen molar-refractivity contribution in [2.75, 3.05) is 7.11 Å². The topological polar surface area (TPSA) is 86.5 Å². The van der Waals surface area contributed by atoms with Crippen molar-refractivity contribution in [1.29, 1.82) is 0 Å². The summed E-state index contributed by atoms with van der Waals surface area (Å²) in [6, 6.07) is 3.76. The number of nitrogens with zero attached hydrogens (tertiary/aromatic N) is 3. The molecule has 0 fully saturated rings. The molecule has 0 spiro atoms. The van der Waals surface area contributed by atoms with E-state index in [-0.39, 0.29) is 12.2 Å². The van der Waals surface area contributed by atoms with E-state index in [9.17, 15) is 13.2 Å². The number of hydrogen-bond donors (Lipinski definition) is 1. The number of rotatable bonds is 3. The van der Waals surface area contributed by atoms with Crippen LogP contribution in [0.2, 0.25) is 0 Å². The van der Waals surface area contributed by atoms with Gasteiger partial charge in [0.1, 0.15) is 17.2 Å². The van der Waals surface area contributed by atoms with E-state index < -0.39 is 6.36 Å². The van der Waals surface area contributed by atoms with Crippen LogP contribution >= 0.6 is 0 Å². The quantitative estimate of drug-likeness (QED) is 0.869. The Morgan fingerprint density at radius 1 is 1.30 bits per heavy atom. The van der Waals surface area contributed by atoms with Crippen molar-refractivity contribution in [1.82, 2.24) is 15.0 Å². The van der Waals surface area contributed by atoms with Crippen molar-refractivity contribution in [3.05, 3.63) is 29.6 Å². The molecule has 0 unspecified atom stereocenters. The zero-order chi connectivity index (χ0) is 17.6. The van der Waals surface area contributed by atoms with Gasteiger partial charge in [-0.2, -0.15) is 0 Å². The molecule has 0 amide bonds. The van der Waals surface area contributed by atoms with Crippen LogP contribution in [0.1, 0.15) is 11.4 Å². The fourth-order valence-electron chi connectivity index (χ4n) is 1.67. The first-order valence-corrected chi connectivity index (χ1v) is 6.14. The van der Waals surface area contributed by atoms with Gasteiger partial charge in [0, 0.05) is 6.07 Å². The summed E-state index contributed by atoms with van der Waals surface area (Å²) in [6.07, 6.45) is -4.75. The number of aryl methyl sites for hydroxylation is 1. The second kappa shape index (κ2) is 7.47. The van der Waals surface area contributed by atoms with Crippen LogP contribution in [0.25, 0.3) is 5.69 Å². The molecule has 0 radical (unpaired) electrons. The maximum atomic E-state index is 12.3. The summed E-state index contributed by atoms with van der Waals surface area (Å²) in [4.78, 5) is 8.36. The smallest absolute Gasteiger partial charge is 0.494 e. The summed E-state index contributed by atoms with van der Waals surface area (Å²) in [6.45, 7) is 3.26. The van der Waals surface area contributed by atoms with Gasteiger partial charge < -0.3 is 14.6 Å². The molecule has 0 aliphatic heterocycles. The standard InChI is InChI=1S/C12H12F3N3O2.CH2O2/c1-7-8(2)18(17-16-7)10-6-9(20-12(13,14)15)4-5-11(10)19-3;2-1-3/h4-6H,1-3H3;1H,(H,2,3). The Morgan fingerprint density at radius 2 is 1.91 bits per heavy atom. The van der Waals surface area contributed by atoms with Gasteiger partial charge in [0.25, 0.3) is 6.47 Å². The number of aromatic nitrogens is 3. The van der Waals surface area contributed by atoms with Crippen molar-refractivity contribution in [2.45, 2.75) is 20.2 Å². The predicted octanol–water partition coefficient (Wildman–Crippen LogP) is 2.49. The number of carbonyl (C=O) groups is 1. The van der Waals surface area contributed by atoms with Crippen molar-refractivity contribution < 1.29 is 32.5 Å². The summed E-state index contributed by atoms with van der Waals surface area (Å²) in [7, 11) is 1.42. The largest absolute Gasteiger partial charge is 0.573 e. The van der Waals surface area contributed by atoms with Crippen LogP contribution in [0.4, 0.5) is 13.2 Å². The van der Waals surface area contributed by atoms with E-state index in [1.54, 1.807) is 13.8 Å². The number of ether oxygens (including phenoxy) is 2. The number of halogens is 3. The minimum atomic E-state index is -4.75. The molecule has 0 aliphatic carbocycles. The van der Waals surface area contributed by atoms with E-state index in [0.29, 0.717) is 22.8 Å². The Balaban J connectivity index is 0.000000816. The van der Waals surface area contributed by atoms with Crippen molar-refractivity contribution in [3.8, 4) is 17.2 Å². The minimum absolute atomic E-state index is 0.250. The highest BCUT2D eigenvalue weighted by molar-refractivity contribution is 5.51. The lowest BCUT2D eigenvalue weighted by atomic mass is 10.2. The van der Waals surface area contributed by atoms with Gasteiger partial charge in [-0.3, -0.25) is 4.79 Å². The van der Waals surface area contributed by atoms with Crippen molar-refractivity contribution in [2.24, 2.45) is 0 Å². The highest BCUT2D eigenvalue weighted by Gasteiger charge is 2.31. The van der Waals surface area contributed by atoms with E-state index in [2.05, 4.69) is 15.0 Å². The minimum Gasteiger partial charge on any atom is -0.494 e. The molecule has 0 saturated carbocycles. The monoisotopic (exact) mass is 333 g/mol. The SMILES string of the molecule is COc1ccc(OC(F)(F)F)cc1-n1nnc(C)c1C.O=CO. The summed E-state index contributed by atoms with van der Waals surface area (Å²) in [5.74, 6) is 0.0216. The van der Waals surface area contributed by atoms with Crippen LogP contribution < -0.4 is 9.47 Å². The number of hydrogen-bond acceptors (Lipinski definition) is 5. The number of carboxylic acid groups (broad SMARTS) is 1. The van der Waals surface area contributed by atoms with E-state index >= 15 is 0 Å². The number of methoxy groups -OCH3 is 1. The van der Waals surface area contributed by atoms with Gasteiger partial charge in [0.15, 0.2) is 0 Å². The first-order valence-electron chi connectivity index (χ1n) is 6.14. The molecule has 0 saturated heterocycles. The molecule has 10 heteroatoms. The highest BCUT2D eigenvalue weighted by atomic mass is 19.4. The second-order valence-electron chi connectivity index (χ2n) is 4.16. The average molecular weight is 333 g/mol. The summed E-state index contributed by atoms with van der Waals surface area (Å²) >= 11 is 0. The normalized spacial score (nSPS) is 10.5. The molecule has 0 aliphatic rings. The molecular formula is C13H14F3N3O4. The van der Waals surface area contributed by atoms with Crippen LogP contribution in [0, 0.1) is 13.8 Å². The third-order valence-electron chi connectivity index (χ3n) is 2.74. The molecule has 0 bridgehead atoms. The Bertz CT molecular complexity index is 671. The van der Waals surface area contributed by atoms with Crippen LogP contribution in [0.3, 0.4) is 0 Å². The zero-order valence-corrected chi connectivity index (χ0v) is 12.5. The molecule has 7 nitrogen and oxygen atoms in total. The Hall–Kier alpha value is -2.78. The molecule has 2 aromatic rings. The first-order chi connectivity index (χ1) is 10.7. The van der Waals surface area contributed by atoms with E-state index in [4.69, 9.17) is 14.6 Å². The molecule has 1 heterocycles. The maximum Gasteiger partial charge on any atom is 0.573 e. The molecule has 1 aromatic carbocycles. The molecule has 1 aromatic heterocycles. The number of benzene rings is 1. The third kappa shape index (κ3) is 4.87. The van der Waals surface area contributed by atoms with E-state index in [0.717, 1.165) is 0 Å². The van der Waals surface area contributed by atoms with Crippen molar-refractivity contribution in [3.63, 3.8) is 0 Å². The Kier molecular flexibility index (Phi) is 5.94. The van der Waals surface area contributed by atoms with Gasteiger partial charge in [-0.05, 0) is 26.0 Å². The van der Waals surface area contributed by atoms with Gasteiger partial charge in [-0.25, -0.2) is 4.68 Å². The van der Waals surface area contributed by atoms with E-state index in [1.165, 1.54) is 30.0 Å². The molecule has 0 atom stereocenters. The fraction of sp³-hybridized carbons (Fsp3) is 0.308. The Labute approximate surface area is 129 Å². The molecule has 1 N–H and O–H groups in total. The average Bonchev–Trinajstić information content (AvgIpc) is 2.78. The van der Waals surface area contributed by atoms with Gasteiger partial charge in [-0.1, -0.05) is 5.21 Å². The van der Waals surface area contributed by atoms with Gasteiger partial charge in [0.05, 0.1) is 18.5 Å². The molecular weight excluding hydrogens is 319 g/mol. The number of alkyl halides is 3. The van der Waals surface area contributed by atoms with Gasteiger partial charge in [0.2, 0.25) is 0 Å². The summed E-state index contributed by atoms with van der Waals surface area (Å²) < 4.78 is 47.2. The lowest BCUT2D eigenvalue weighted by Gasteiger charge is -2.13. The van der Waals surface area contributed by atoms with Crippen LogP contribution in [-0.4, -0.2) is 40.0 Å². The lowest BCUT2D eigenvalue weighted by molar-refractivity contribution is -0.274. The maximum absolute atomic E-state index is 12.3. The Morgan fingerprint density at radius 3 is 2.35 bits per heavy atom. The molecule has 126 valence electrons. The van der Waals surface area contributed by atoms with Gasteiger partial charge in [-0.15, -0.1) is 18.3 Å². The highest BCUT2D eigenvalue weighted by Crippen LogP contribution is 2.31. The fourth-order valence-corrected chi connectivity index (χ4v) is 1.67. The van der Waals surface area contributed by atoms with Crippen LogP contribution in [0.15, 0.2) is 18.2 Å². The van der Waals surface area contributed by atoms with Crippen LogP contribution in [-0.2, 0) is 4.79 Å².